The first-order chi connectivity index (χ1) is 13.3. The van der Waals surface area contributed by atoms with Gasteiger partial charge in [-0.15, -0.1) is 0 Å². The van der Waals surface area contributed by atoms with Gasteiger partial charge in [-0.3, -0.25) is 4.79 Å². The van der Waals surface area contributed by atoms with E-state index in [0.717, 1.165) is 29.7 Å². The lowest BCUT2D eigenvalue weighted by molar-refractivity contribution is -0.114. The fraction of sp³-hybridized carbons (Fsp3) is 0.458. The van der Waals surface area contributed by atoms with Gasteiger partial charge in [0.25, 0.3) is 0 Å². The minimum atomic E-state index is -0.182. The third-order valence-corrected chi connectivity index (χ3v) is 5.14. The molecule has 0 unspecified atom stereocenters. The summed E-state index contributed by atoms with van der Waals surface area (Å²) in [7, 11) is 0. The number of carbonyl (C=O) groups is 1. The molecule has 2 N–H and O–H groups in total. The topological polar surface area (TPSA) is 58.6 Å². The fourth-order valence-electron chi connectivity index (χ4n) is 3.43. The standard InChI is InChI=1S/C24H33NO3S/c1-15(12-20(26)16-10-8-9-11-22(16)28-29)25-19-14-21(27)18(24(5,6)7)13-17(19)23(2,3)4/h10-11,13-14,25,27,29H,1,8-9,12H2,2-7H3. The Labute approximate surface area is 180 Å². The molecule has 4 nitrogen and oxygen atoms in total. The summed E-state index contributed by atoms with van der Waals surface area (Å²) in [5.74, 6) is 0.658. The predicted molar refractivity (Wildman–Crippen MR) is 123 cm³/mol. The van der Waals surface area contributed by atoms with E-state index in [0.29, 0.717) is 17.0 Å². The largest absolute Gasteiger partial charge is 0.508 e. The van der Waals surface area contributed by atoms with Gasteiger partial charge < -0.3 is 14.6 Å². The quantitative estimate of drug-likeness (QED) is 0.375. The summed E-state index contributed by atoms with van der Waals surface area (Å²) in [4.78, 5) is 12.7. The van der Waals surface area contributed by atoms with Crippen LogP contribution in [0.1, 0.15) is 71.9 Å². The Morgan fingerprint density at radius 1 is 1.10 bits per heavy atom. The smallest absolute Gasteiger partial charge is 0.172 e. The van der Waals surface area contributed by atoms with Crippen LogP contribution >= 0.6 is 12.9 Å². The Hall–Kier alpha value is -2.14. The van der Waals surface area contributed by atoms with Gasteiger partial charge in [-0.2, -0.15) is 0 Å². The number of phenolic OH excluding ortho intramolecular Hbond substituents is 1. The van der Waals surface area contributed by atoms with E-state index >= 15 is 0 Å². The summed E-state index contributed by atoms with van der Waals surface area (Å²) in [6.45, 7) is 16.6. The van der Waals surface area contributed by atoms with E-state index in [4.69, 9.17) is 4.18 Å². The van der Waals surface area contributed by atoms with Crippen molar-refractivity contribution in [1.82, 2.24) is 0 Å². The van der Waals surface area contributed by atoms with Crippen LogP contribution in [-0.2, 0) is 19.8 Å². The number of anilines is 1. The number of Topliss-reactive ketones (excluding diaryl/α,β-unsaturated/α-hetero) is 1. The monoisotopic (exact) mass is 415 g/mol. The van der Waals surface area contributed by atoms with E-state index in [9.17, 15) is 9.90 Å². The molecule has 0 fully saturated rings. The van der Waals surface area contributed by atoms with Crippen molar-refractivity contribution in [3.05, 3.63) is 59.0 Å². The number of aromatic hydroxyl groups is 1. The maximum absolute atomic E-state index is 12.7. The van der Waals surface area contributed by atoms with Crippen LogP contribution < -0.4 is 5.32 Å². The van der Waals surface area contributed by atoms with Crippen LogP contribution in [-0.4, -0.2) is 10.9 Å². The van der Waals surface area contributed by atoms with Gasteiger partial charge in [0.2, 0.25) is 0 Å². The molecule has 2 rings (SSSR count). The van der Waals surface area contributed by atoms with Crippen molar-refractivity contribution < 1.29 is 14.1 Å². The summed E-state index contributed by atoms with van der Waals surface area (Å²) in [5.41, 5.74) is 3.48. The van der Waals surface area contributed by atoms with Crippen molar-refractivity contribution >= 4 is 24.4 Å². The number of hydrogen-bond acceptors (Lipinski definition) is 5. The zero-order valence-corrected chi connectivity index (χ0v) is 19.2. The zero-order chi connectivity index (χ0) is 22.0. The van der Waals surface area contributed by atoms with Gasteiger partial charge >= 0.3 is 0 Å². The number of rotatable bonds is 6. The van der Waals surface area contributed by atoms with Crippen LogP contribution in [0.15, 0.2) is 47.9 Å². The van der Waals surface area contributed by atoms with Crippen LogP contribution in [0.25, 0.3) is 0 Å². The molecule has 0 aromatic heterocycles. The van der Waals surface area contributed by atoms with Crippen LogP contribution in [0.5, 0.6) is 5.75 Å². The normalized spacial score (nSPS) is 14.7. The average Bonchev–Trinajstić information content (AvgIpc) is 2.59. The molecule has 1 aliphatic rings. The lowest BCUT2D eigenvalue weighted by atomic mass is 9.79. The molecule has 158 valence electrons. The molecule has 0 amide bonds. The average molecular weight is 416 g/mol. The van der Waals surface area contributed by atoms with E-state index in [1.165, 1.54) is 0 Å². The minimum absolute atomic E-state index is 0.0738. The second kappa shape index (κ2) is 8.70. The van der Waals surface area contributed by atoms with Crippen molar-refractivity contribution in [3.8, 4) is 5.75 Å². The van der Waals surface area contributed by atoms with E-state index in [2.05, 4.69) is 66.3 Å². The van der Waals surface area contributed by atoms with Crippen molar-refractivity contribution in [2.45, 2.75) is 71.6 Å². The number of hydrogen-bond donors (Lipinski definition) is 3. The number of carbonyl (C=O) groups excluding carboxylic acids is 1. The molecule has 1 aliphatic carbocycles. The Kier molecular flexibility index (Phi) is 6.94. The van der Waals surface area contributed by atoms with Crippen molar-refractivity contribution in [2.75, 3.05) is 5.32 Å². The molecule has 1 aromatic carbocycles. The van der Waals surface area contributed by atoms with Gasteiger partial charge in [-0.1, -0.05) is 54.2 Å². The molecule has 0 bridgehead atoms. The second-order valence-electron chi connectivity index (χ2n) is 9.60. The number of allylic oxidation sites excluding steroid dienone is 4. The highest BCUT2D eigenvalue weighted by atomic mass is 32.1. The van der Waals surface area contributed by atoms with Crippen molar-refractivity contribution in [1.29, 1.82) is 0 Å². The second-order valence-corrected chi connectivity index (χ2v) is 9.78. The number of nitrogens with one attached hydrogen (secondary N) is 1. The summed E-state index contributed by atoms with van der Waals surface area (Å²) < 4.78 is 5.03. The third kappa shape index (κ3) is 5.69. The highest BCUT2D eigenvalue weighted by Crippen LogP contribution is 2.40. The predicted octanol–water partition coefficient (Wildman–Crippen LogP) is 6.34. The maximum atomic E-state index is 12.7. The Balaban J connectivity index is 2.28. The van der Waals surface area contributed by atoms with Gasteiger partial charge in [0.15, 0.2) is 5.78 Å². The Morgan fingerprint density at radius 2 is 1.69 bits per heavy atom. The summed E-state index contributed by atoms with van der Waals surface area (Å²) in [6.07, 6.45) is 5.52. The first kappa shape index (κ1) is 23.1. The molecule has 1 aromatic rings. The molecule has 0 saturated heterocycles. The number of thiol groups is 1. The molecule has 0 aliphatic heterocycles. The first-order valence-corrected chi connectivity index (χ1v) is 10.3. The molecular formula is C24H33NO3S. The number of ketones is 1. The summed E-state index contributed by atoms with van der Waals surface area (Å²) in [5, 5.41) is 13.9. The molecular weight excluding hydrogens is 382 g/mol. The highest BCUT2D eigenvalue weighted by molar-refractivity contribution is 7.75. The summed E-state index contributed by atoms with van der Waals surface area (Å²) >= 11 is 3.85. The number of benzene rings is 1. The molecule has 0 spiro atoms. The molecule has 0 atom stereocenters. The SMILES string of the molecule is C=C(CC(=O)C1=CCCC=C1OS)Nc1cc(O)c(C(C)(C)C)cc1C(C)(C)C. The Bertz CT molecular complexity index is 867. The third-order valence-electron chi connectivity index (χ3n) is 4.95. The van der Waals surface area contributed by atoms with Gasteiger partial charge in [-0.25, -0.2) is 0 Å². The van der Waals surface area contributed by atoms with E-state index in [-0.39, 0.29) is 28.8 Å². The van der Waals surface area contributed by atoms with E-state index in [1.54, 1.807) is 6.07 Å². The van der Waals surface area contributed by atoms with E-state index in [1.807, 2.05) is 18.2 Å². The first-order valence-electron chi connectivity index (χ1n) is 9.92. The lowest BCUT2D eigenvalue weighted by Gasteiger charge is -2.29. The van der Waals surface area contributed by atoms with Crippen molar-refractivity contribution in [2.24, 2.45) is 0 Å². The number of phenols is 1. The van der Waals surface area contributed by atoms with Crippen molar-refractivity contribution in [3.63, 3.8) is 0 Å². The fourth-order valence-corrected chi connectivity index (χ4v) is 3.60. The minimum Gasteiger partial charge on any atom is -0.508 e. The maximum Gasteiger partial charge on any atom is 0.172 e. The molecule has 0 radical (unpaired) electrons. The van der Waals surface area contributed by atoms with Crippen LogP contribution in [0.2, 0.25) is 0 Å². The van der Waals surface area contributed by atoms with E-state index < -0.39 is 0 Å². The van der Waals surface area contributed by atoms with Crippen LogP contribution in [0, 0.1) is 0 Å². The van der Waals surface area contributed by atoms with Crippen LogP contribution in [0.3, 0.4) is 0 Å². The zero-order valence-electron chi connectivity index (χ0n) is 18.3. The molecule has 0 heterocycles. The summed E-state index contributed by atoms with van der Waals surface area (Å²) in [6, 6.07) is 3.78. The Morgan fingerprint density at radius 3 is 2.24 bits per heavy atom. The molecule has 0 saturated carbocycles. The van der Waals surface area contributed by atoms with Gasteiger partial charge in [0.1, 0.15) is 11.5 Å². The lowest BCUT2D eigenvalue weighted by Crippen LogP contribution is -2.19. The van der Waals surface area contributed by atoms with Gasteiger partial charge in [0, 0.05) is 30.4 Å². The highest BCUT2D eigenvalue weighted by Gasteiger charge is 2.26. The molecule has 5 heteroatoms. The van der Waals surface area contributed by atoms with Crippen LogP contribution in [0.4, 0.5) is 5.69 Å². The molecule has 29 heavy (non-hydrogen) atoms. The van der Waals surface area contributed by atoms with Gasteiger partial charge in [-0.05, 0) is 46.9 Å². The van der Waals surface area contributed by atoms with Gasteiger partial charge in [0.05, 0.1) is 12.0 Å².